The van der Waals surface area contributed by atoms with Gasteiger partial charge in [-0.3, -0.25) is 19.9 Å². The Hall–Kier alpha value is -3.55. The van der Waals surface area contributed by atoms with E-state index in [1.54, 1.807) is 22.7 Å². The van der Waals surface area contributed by atoms with Gasteiger partial charge in [-0.15, -0.1) is 34.0 Å². The molecule has 0 unspecified atom stereocenters. The van der Waals surface area contributed by atoms with Crippen LogP contribution >= 0.6 is 58.6 Å². The first-order chi connectivity index (χ1) is 23.4. The SMILES string of the molecule is CCCCCCc1ccc(C2=CC=C(c3ccc(-c4ccc(-c5cc6c(s5)C(=O)N(CCCC)C6=O)c5nsnc45)s3)/C(=N/S)C2=N)s1. The Labute approximate surface area is 301 Å². The zero-order valence-corrected chi connectivity index (χ0v) is 30.7. The van der Waals surface area contributed by atoms with Crippen molar-refractivity contribution in [3.05, 3.63) is 79.7 Å². The van der Waals surface area contributed by atoms with Crippen LogP contribution in [0.1, 0.15) is 87.0 Å². The molecule has 1 aliphatic carbocycles. The Morgan fingerprint density at radius 3 is 2.17 bits per heavy atom. The smallest absolute Gasteiger partial charge is 0.271 e. The third-order valence-corrected chi connectivity index (χ3v) is 12.9. The lowest BCUT2D eigenvalue weighted by Gasteiger charge is -2.16. The number of fused-ring (bicyclic) bond motifs is 2. The summed E-state index contributed by atoms with van der Waals surface area (Å²) in [5, 5.41) is 9.05. The van der Waals surface area contributed by atoms with E-state index in [1.807, 2.05) is 37.3 Å². The first-order valence-electron chi connectivity index (χ1n) is 16.1. The Morgan fingerprint density at radius 2 is 1.44 bits per heavy atom. The van der Waals surface area contributed by atoms with Crippen LogP contribution in [0, 0.1) is 5.41 Å². The van der Waals surface area contributed by atoms with Gasteiger partial charge >= 0.3 is 0 Å². The van der Waals surface area contributed by atoms with Crippen LogP contribution in [0.25, 0.3) is 43.1 Å². The lowest BCUT2D eigenvalue weighted by atomic mass is 9.92. The fourth-order valence-corrected chi connectivity index (χ4v) is 10.1. The number of allylic oxidation sites excluding steroid dienone is 4. The van der Waals surface area contributed by atoms with E-state index in [9.17, 15) is 9.59 Å². The summed E-state index contributed by atoms with van der Waals surface area (Å²) >= 11 is 10.2. The predicted molar refractivity (Wildman–Crippen MR) is 207 cm³/mol. The van der Waals surface area contributed by atoms with Gasteiger partial charge in [0.05, 0.1) is 23.0 Å². The van der Waals surface area contributed by atoms with E-state index in [2.05, 4.69) is 57.1 Å². The molecule has 1 aromatic carbocycles. The summed E-state index contributed by atoms with van der Waals surface area (Å²) in [5.74, 6) is -0.417. The Kier molecular flexibility index (Phi) is 9.70. The average molecular weight is 728 g/mol. The predicted octanol–water partition coefficient (Wildman–Crippen LogP) is 10.5. The first-order valence-corrected chi connectivity index (χ1v) is 19.7. The number of amides is 2. The highest BCUT2D eigenvalue weighted by Crippen LogP contribution is 2.43. The van der Waals surface area contributed by atoms with Crippen LogP contribution in [0.5, 0.6) is 0 Å². The van der Waals surface area contributed by atoms with E-state index < -0.39 is 0 Å². The van der Waals surface area contributed by atoms with Crippen LogP contribution in [0.4, 0.5) is 0 Å². The second-order valence-electron chi connectivity index (χ2n) is 11.8. The molecule has 5 heterocycles. The quantitative estimate of drug-likeness (QED) is 0.0578. The second kappa shape index (κ2) is 14.1. The number of imide groups is 1. The molecular formula is C36H33N5O2S5. The van der Waals surface area contributed by atoms with Crippen molar-refractivity contribution in [1.29, 1.82) is 5.41 Å². The standard InChI is InChI=1S/C36H33N5O2S5/c1-3-5-7-8-9-20-10-15-26(45-20)21-11-12-22(31(38-44)30(21)37)27-16-17-28(46-27)23-13-14-24(33-32(23)39-48-40-33)29-19-25-34(47-29)36(43)41(35(25)42)18-6-4-2/h10-17,19,37,44H,3-9,18H2,1-2H3/b37-30?,38-31-. The van der Waals surface area contributed by atoms with Gasteiger partial charge in [-0.05, 0) is 62.4 Å². The molecule has 0 atom stereocenters. The molecule has 0 saturated heterocycles. The number of nitrogens with one attached hydrogen (secondary N) is 1. The summed E-state index contributed by atoms with van der Waals surface area (Å²) < 4.78 is 13.6. The summed E-state index contributed by atoms with van der Waals surface area (Å²) in [6, 6.07) is 14.3. The Morgan fingerprint density at radius 1 is 0.750 bits per heavy atom. The van der Waals surface area contributed by atoms with E-state index in [0.29, 0.717) is 28.4 Å². The summed E-state index contributed by atoms with van der Waals surface area (Å²) in [5.41, 5.74) is 6.50. The number of aromatic nitrogens is 2. The maximum absolute atomic E-state index is 13.0. The minimum atomic E-state index is -0.213. The molecule has 7 rings (SSSR count). The highest BCUT2D eigenvalue weighted by molar-refractivity contribution is 7.79. The number of carbonyl (C=O) groups is 2. The minimum absolute atomic E-state index is 0.204. The van der Waals surface area contributed by atoms with Crippen molar-refractivity contribution in [2.45, 2.75) is 58.8 Å². The number of benzene rings is 1. The van der Waals surface area contributed by atoms with Crippen LogP contribution < -0.4 is 0 Å². The molecule has 5 aromatic rings. The van der Waals surface area contributed by atoms with Crippen LogP contribution in [0.2, 0.25) is 0 Å². The van der Waals surface area contributed by atoms with Crippen LogP contribution in [-0.2, 0) is 6.42 Å². The minimum Gasteiger partial charge on any atom is -0.298 e. The van der Waals surface area contributed by atoms with Crippen molar-refractivity contribution in [2.24, 2.45) is 4.40 Å². The molecular weight excluding hydrogens is 695 g/mol. The lowest BCUT2D eigenvalue weighted by Crippen LogP contribution is -2.30. The summed E-state index contributed by atoms with van der Waals surface area (Å²) in [4.78, 5) is 33.2. The highest BCUT2D eigenvalue weighted by atomic mass is 32.1. The van der Waals surface area contributed by atoms with Gasteiger partial charge < -0.3 is 0 Å². The van der Waals surface area contributed by atoms with Crippen molar-refractivity contribution < 1.29 is 9.59 Å². The van der Waals surface area contributed by atoms with Gasteiger partial charge in [-0.25, -0.2) is 4.40 Å². The monoisotopic (exact) mass is 727 g/mol. The van der Waals surface area contributed by atoms with Gasteiger partial charge in [0.2, 0.25) is 0 Å². The molecule has 2 aliphatic rings. The van der Waals surface area contributed by atoms with E-state index in [4.69, 9.17) is 5.41 Å². The Bertz CT molecular complexity index is 2130. The number of hydrogen-bond acceptors (Lipinski definition) is 11. The number of nitrogens with zero attached hydrogens (tertiary/aromatic N) is 4. The average Bonchev–Trinajstić information content (AvgIpc) is 3.94. The molecule has 0 fully saturated rings. The molecule has 0 spiro atoms. The normalized spacial score (nSPS) is 15.6. The Balaban J connectivity index is 1.15. The number of hydrogen-bond donors (Lipinski definition) is 2. The zero-order chi connectivity index (χ0) is 33.4. The molecule has 0 radical (unpaired) electrons. The first kappa shape index (κ1) is 33.0. The van der Waals surface area contributed by atoms with Crippen molar-refractivity contribution in [2.75, 3.05) is 6.54 Å². The maximum Gasteiger partial charge on any atom is 0.271 e. The van der Waals surface area contributed by atoms with Crippen molar-refractivity contribution in [3.8, 4) is 20.9 Å². The van der Waals surface area contributed by atoms with Crippen molar-refractivity contribution >= 4 is 104 Å². The van der Waals surface area contributed by atoms with Gasteiger partial charge in [0.1, 0.15) is 21.6 Å². The molecule has 48 heavy (non-hydrogen) atoms. The number of unbranched alkanes of at least 4 members (excludes halogenated alkanes) is 4. The molecule has 7 nitrogen and oxygen atoms in total. The fraction of sp³-hybridized carbons (Fsp3) is 0.278. The fourth-order valence-electron chi connectivity index (χ4n) is 6.09. The number of rotatable bonds is 12. The number of carbonyl (C=O) groups excluding carboxylic acids is 2. The molecule has 1 N–H and O–H groups in total. The second-order valence-corrected chi connectivity index (χ2v) is 15.8. The molecule has 0 bridgehead atoms. The van der Waals surface area contributed by atoms with E-state index in [0.717, 1.165) is 83.8 Å². The van der Waals surface area contributed by atoms with E-state index in [-0.39, 0.29) is 11.8 Å². The maximum atomic E-state index is 13.0. The highest BCUT2D eigenvalue weighted by Gasteiger charge is 2.38. The topological polar surface area (TPSA) is 99.4 Å². The number of thiophene rings is 3. The largest absolute Gasteiger partial charge is 0.298 e. The molecule has 1 aliphatic heterocycles. The van der Waals surface area contributed by atoms with E-state index in [1.165, 1.54) is 46.8 Å². The number of aryl methyl sites for hydroxylation is 1. The zero-order valence-electron chi connectivity index (χ0n) is 26.5. The molecule has 2 amide bonds. The summed E-state index contributed by atoms with van der Waals surface area (Å²) in [6.07, 6.45) is 11.8. The van der Waals surface area contributed by atoms with Gasteiger partial charge in [0, 0.05) is 53.2 Å². The summed E-state index contributed by atoms with van der Waals surface area (Å²) in [6.45, 7) is 4.73. The van der Waals surface area contributed by atoms with Crippen LogP contribution in [-0.4, -0.2) is 43.4 Å². The van der Waals surface area contributed by atoms with Gasteiger partial charge in [-0.2, -0.15) is 8.75 Å². The third kappa shape index (κ3) is 5.98. The van der Waals surface area contributed by atoms with Crippen LogP contribution in [0.3, 0.4) is 0 Å². The summed E-state index contributed by atoms with van der Waals surface area (Å²) in [7, 11) is 0. The molecule has 0 saturated carbocycles. The molecule has 4 aromatic heterocycles. The third-order valence-electron chi connectivity index (χ3n) is 8.68. The molecule has 244 valence electrons. The van der Waals surface area contributed by atoms with Gasteiger partial charge in [0.15, 0.2) is 0 Å². The number of thiol groups is 1. The lowest BCUT2D eigenvalue weighted by molar-refractivity contribution is 0.0653. The van der Waals surface area contributed by atoms with Gasteiger partial charge in [-0.1, -0.05) is 63.8 Å². The van der Waals surface area contributed by atoms with Crippen molar-refractivity contribution in [1.82, 2.24) is 13.6 Å². The van der Waals surface area contributed by atoms with Crippen molar-refractivity contribution in [3.63, 3.8) is 0 Å². The van der Waals surface area contributed by atoms with Gasteiger partial charge in [0.25, 0.3) is 11.8 Å². The van der Waals surface area contributed by atoms with Crippen LogP contribution in [0.15, 0.2) is 59.0 Å². The molecule has 12 heteroatoms. The van der Waals surface area contributed by atoms with E-state index >= 15 is 0 Å².